The van der Waals surface area contributed by atoms with Crippen molar-refractivity contribution < 1.29 is 23.2 Å². The van der Waals surface area contributed by atoms with Gasteiger partial charge in [0.1, 0.15) is 11.9 Å². The zero-order valence-corrected chi connectivity index (χ0v) is 21.5. The summed E-state index contributed by atoms with van der Waals surface area (Å²) in [6, 6.07) is 4.14. The highest BCUT2D eigenvalue weighted by atomic mass is 19.2. The van der Waals surface area contributed by atoms with Gasteiger partial charge in [-0.15, -0.1) is 0 Å². The van der Waals surface area contributed by atoms with Crippen molar-refractivity contribution in [2.75, 3.05) is 17.7 Å². The molecule has 4 amide bonds. The Kier molecular flexibility index (Phi) is 7.42. The minimum Gasteiger partial charge on any atom is -0.384 e. The summed E-state index contributed by atoms with van der Waals surface area (Å²) in [5, 5.41) is 6.67. The molecular weight excluding hydrogens is 496 g/mol. The SMILES string of the molecule is CC[C@@H](NC(=O)N1C(=O)[C@H](Cc2cc(C)nc(N)c2)[C@H]1C(=O)N(C)c1cnn(C)c1)c1cccc(F)c1F. The quantitative estimate of drug-likeness (QED) is 0.457. The van der Waals surface area contributed by atoms with Gasteiger partial charge in [0, 0.05) is 31.5 Å². The number of rotatable bonds is 7. The third-order valence-corrected chi connectivity index (χ3v) is 6.65. The third kappa shape index (κ3) is 5.06. The summed E-state index contributed by atoms with van der Waals surface area (Å²) in [6.45, 7) is 3.45. The van der Waals surface area contributed by atoms with Crippen LogP contribution >= 0.6 is 0 Å². The molecule has 3 heterocycles. The molecule has 38 heavy (non-hydrogen) atoms. The van der Waals surface area contributed by atoms with Crippen LogP contribution in [0.15, 0.2) is 42.7 Å². The van der Waals surface area contributed by atoms with Gasteiger partial charge in [-0.2, -0.15) is 5.10 Å². The number of pyridine rings is 1. The number of β-lactam (4-membered cyclic amide) rings is 1. The minimum absolute atomic E-state index is 0.0523. The van der Waals surface area contributed by atoms with Crippen molar-refractivity contribution in [3.05, 3.63) is 71.2 Å². The number of carbonyl (C=O) groups is 3. The molecule has 1 aliphatic rings. The summed E-state index contributed by atoms with van der Waals surface area (Å²) < 4.78 is 29.8. The number of hydrogen-bond donors (Lipinski definition) is 2. The lowest BCUT2D eigenvalue weighted by molar-refractivity contribution is -0.156. The first kappa shape index (κ1) is 26.7. The summed E-state index contributed by atoms with van der Waals surface area (Å²) in [5.41, 5.74) is 7.64. The Morgan fingerprint density at radius 2 is 2.00 bits per heavy atom. The van der Waals surface area contributed by atoms with Crippen LogP contribution in [0.4, 0.5) is 25.1 Å². The first-order chi connectivity index (χ1) is 18.0. The number of nitrogen functional groups attached to an aromatic ring is 1. The Morgan fingerprint density at radius 1 is 1.26 bits per heavy atom. The van der Waals surface area contributed by atoms with Crippen LogP contribution in [0, 0.1) is 24.5 Å². The summed E-state index contributed by atoms with van der Waals surface area (Å²) >= 11 is 0. The van der Waals surface area contributed by atoms with Crippen molar-refractivity contribution in [1.29, 1.82) is 0 Å². The van der Waals surface area contributed by atoms with Crippen molar-refractivity contribution >= 4 is 29.4 Å². The fourth-order valence-corrected chi connectivity index (χ4v) is 4.71. The number of nitrogens with one attached hydrogen (secondary N) is 1. The third-order valence-electron chi connectivity index (χ3n) is 6.65. The number of amides is 4. The molecule has 12 heteroatoms. The van der Waals surface area contributed by atoms with Gasteiger partial charge in [0.15, 0.2) is 11.6 Å². The Bertz CT molecular complexity index is 1370. The minimum atomic E-state index is -1.14. The van der Waals surface area contributed by atoms with E-state index in [0.717, 1.165) is 11.0 Å². The number of urea groups is 1. The van der Waals surface area contributed by atoms with Crippen LogP contribution in [0.1, 0.15) is 36.2 Å². The Labute approximate surface area is 218 Å². The molecule has 1 fully saturated rings. The summed E-state index contributed by atoms with van der Waals surface area (Å²) in [4.78, 5) is 46.5. The largest absolute Gasteiger partial charge is 0.384 e. The molecule has 0 aliphatic carbocycles. The predicted octanol–water partition coefficient (Wildman–Crippen LogP) is 2.88. The first-order valence-electron chi connectivity index (χ1n) is 12.1. The highest BCUT2D eigenvalue weighted by molar-refractivity contribution is 6.12. The molecule has 3 aromatic rings. The van der Waals surface area contributed by atoms with E-state index in [-0.39, 0.29) is 24.2 Å². The van der Waals surface area contributed by atoms with Crippen LogP contribution < -0.4 is 16.0 Å². The van der Waals surface area contributed by atoms with Gasteiger partial charge in [-0.1, -0.05) is 19.1 Å². The summed E-state index contributed by atoms with van der Waals surface area (Å²) in [6.07, 6.45) is 3.50. The molecule has 0 bridgehead atoms. The number of likely N-dealkylation sites (N-methyl/N-ethyl adjacent to an activating group) is 1. The van der Waals surface area contributed by atoms with E-state index in [2.05, 4.69) is 15.4 Å². The molecule has 2 aromatic heterocycles. The lowest BCUT2D eigenvalue weighted by atomic mass is 9.81. The van der Waals surface area contributed by atoms with E-state index in [1.54, 1.807) is 39.2 Å². The number of nitrogens with two attached hydrogens (primary N) is 1. The van der Waals surface area contributed by atoms with E-state index >= 15 is 0 Å². The Morgan fingerprint density at radius 3 is 2.63 bits per heavy atom. The Balaban J connectivity index is 1.63. The molecule has 0 unspecified atom stereocenters. The van der Waals surface area contributed by atoms with Crippen molar-refractivity contribution in [1.82, 2.24) is 25.0 Å². The molecule has 4 rings (SSSR count). The fourth-order valence-electron chi connectivity index (χ4n) is 4.71. The maximum atomic E-state index is 14.4. The average molecular weight is 526 g/mol. The molecule has 1 saturated heterocycles. The van der Waals surface area contributed by atoms with E-state index < -0.39 is 47.5 Å². The zero-order valence-electron chi connectivity index (χ0n) is 21.5. The van der Waals surface area contributed by atoms with Crippen molar-refractivity contribution in [3.63, 3.8) is 0 Å². The maximum Gasteiger partial charge on any atom is 0.325 e. The van der Waals surface area contributed by atoms with Crippen molar-refractivity contribution in [2.24, 2.45) is 13.0 Å². The van der Waals surface area contributed by atoms with E-state index in [1.165, 1.54) is 35.0 Å². The maximum absolute atomic E-state index is 14.4. The van der Waals surface area contributed by atoms with Crippen LogP contribution in [-0.2, 0) is 23.1 Å². The highest BCUT2D eigenvalue weighted by Crippen LogP contribution is 2.34. The van der Waals surface area contributed by atoms with Gasteiger partial charge in [-0.25, -0.2) is 18.6 Å². The van der Waals surface area contributed by atoms with E-state index in [4.69, 9.17) is 5.73 Å². The molecule has 1 aliphatic heterocycles. The van der Waals surface area contributed by atoms with Gasteiger partial charge in [0.25, 0.3) is 5.91 Å². The second-order valence-corrected chi connectivity index (χ2v) is 9.33. The van der Waals surface area contributed by atoms with Gasteiger partial charge >= 0.3 is 6.03 Å². The van der Waals surface area contributed by atoms with Crippen LogP contribution in [0.3, 0.4) is 0 Å². The first-order valence-corrected chi connectivity index (χ1v) is 12.1. The number of aromatic nitrogens is 3. The van der Waals surface area contributed by atoms with E-state index in [9.17, 15) is 23.2 Å². The zero-order chi connectivity index (χ0) is 27.7. The van der Waals surface area contributed by atoms with Crippen LogP contribution in [-0.4, -0.2) is 50.6 Å². The van der Waals surface area contributed by atoms with Crippen molar-refractivity contribution in [3.8, 4) is 0 Å². The lowest BCUT2D eigenvalue weighted by Crippen LogP contribution is -2.70. The highest BCUT2D eigenvalue weighted by Gasteiger charge is 2.55. The number of anilines is 2. The van der Waals surface area contributed by atoms with Crippen LogP contribution in [0.25, 0.3) is 0 Å². The molecule has 200 valence electrons. The number of likely N-dealkylation sites (tertiary alicyclic amines) is 1. The number of carbonyl (C=O) groups excluding carboxylic acids is 3. The van der Waals surface area contributed by atoms with E-state index in [1.807, 2.05) is 0 Å². The molecule has 10 nitrogen and oxygen atoms in total. The smallest absolute Gasteiger partial charge is 0.325 e. The average Bonchev–Trinajstić information content (AvgIpc) is 3.30. The van der Waals surface area contributed by atoms with Crippen LogP contribution in [0.5, 0.6) is 0 Å². The number of hydrogen-bond acceptors (Lipinski definition) is 6. The van der Waals surface area contributed by atoms with Crippen molar-refractivity contribution in [2.45, 2.75) is 38.8 Å². The summed E-state index contributed by atoms with van der Waals surface area (Å²) in [5.74, 6) is -3.76. The molecule has 0 radical (unpaired) electrons. The lowest BCUT2D eigenvalue weighted by Gasteiger charge is -2.46. The van der Waals surface area contributed by atoms with Gasteiger partial charge in [-0.3, -0.25) is 19.2 Å². The standard InChI is InChI=1S/C26H29F2N7O3/c1-5-20(17-7-6-8-19(27)22(17)28)32-26(38)35-23(25(37)34(4)16-12-30-33(3)13-16)18(24(35)36)10-15-9-14(2)31-21(29)11-15/h6-9,11-13,18,20,23H,5,10H2,1-4H3,(H2,29,31)(H,32,38)/t18-,20-,23+/m1/s1. The second kappa shape index (κ2) is 10.6. The normalized spacial score (nSPS) is 17.6. The van der Waals surface area contributed by atoms with Gasteiger partial charge in [0.2, 0.25) is 5.91 Å². The molecule has 0 spiro atoms. The van der Waals surface area contributed by atoms with E-state index in [0.29, 0.717) is 16.9 Å². The monoisotopic (exact) mass is 525 g/mol. The molecule has 0 saturated carbocycles. The molecule has 3 atom stereocenters. The number of benzene rings is 1. The Hall–Kier alpha value is -4.35. The number of halogens is 2. The summed E-state index contributed by atoms with van der Waals surface area (Å²) in [7, 11) is 3.23. The van der Waals surface area contributed by atoms with Crippen LogP contribution in [0.2, 0.25) is 0 Å². The number of imide groups is 1. The topological polar surface area (TPSA) is 126 Å². The number of nitrogens with zero attached hydrogens (tertiary/aromatic N) is 5. The molecule has 1 aromatic carbocycles. The van der Waals surface area contributed by atoms with Gasteiger partial charge in [0.05, 0.1) is 23.8 Å². The molecule has 3 N–H and O–H groups in total. The van der Waals surface area contributed by atoms with Gasteiger partial charge in [-0.05, 0) is 43.5 Å². The second-order valence-electron chi connectivity index (χ2n) is 9.33. The number of aryl methyl sites for hydroxylation is 2. The fraction of sp³-hybridized carbons (Fsp3) is 0.346. The predicted molar refractivity (Wildman–Crippen MR) is 136 cm³/mol. The van der Waals surface area contributed by atoms with Gasteiger partial charge < -0.3 is 16.0 Å². The molecular formula is C26H29F2N7O3.